The second kappa shape index (κ2) is 5.00. The van der Waals surface area contributed by atoms with Gasteiger partial charge < -0.3 is 5.32 Å². The van der Waals surface area contributed by atoms with E-state index in [-0.39, 0.29) is 11.7 Å². The molecule has 92 valence electrons. The van der Waals surface area contributed by atoms with Gasteiger partial charge >= 0.3 is 0 Å². The maximum atomic E-state index is 13.3. The first-order chi connectivity index (χ1) is 8.58. The number of rotatable bonds is 2. The number of hydrogen-bond acceptors (Lipinski definition) is 1. The molecule has 0 aliphatic rings. The van der Waals surface area contributed by atoms with Gasteiger partial charge in [-0.1, -0.05) is 23.8 Å². The van der Waals surface area contributed by atoms with Gasteiger partial charge in [0.1, 0.15) is 5.82 Å². The number of amides is 1. The lowest BCUT2D eigenvalue weighted by Gasteiger charge is -2.09. The number of halogens is 1. The summed E-state index contributed by atoms with van der Waals surface area (Å²) in [7, 11) is 0. The van der Waals surface area contributed by atoms with E-state index in [9.17, 15) is 9.18 Å². The minimum Gasteiger partial charge on any atom is -0.322 e. The SMILES string of the molecule is Cc1cccc(C(=O)Nc2cccc(F)c2C)c1. The van der Waals surface area contributed by atoms with E-state index in [0.29, 0.717) is 16.8 Å². The van der Waals surface area contributed by atoms with Crippen LogP contribution in [0.3, 0.4) is 0 Å². The zero-order valence-electron chi connectivity index (χ0n) is 10.3. The van der Waals surface area contributed by atoms with E-state index in [1.54, 1.807) is 31.2 Å². The minimum absolute atomic E-state index is 0.229. The molecule has 0 atom stereocenters. The topological polar surface area (TPSA) is 29.1 Å². The summed E-state index contributed by atoms with van der Waals surface area (Å²) < 4.78 is 13.3. The summed E-state index contributed by atoms with van der Waals surface area (Å²) in [4.78, 5) is 12.0. The highest BCUT2D eigenvalue weighted by Crippen LogP contribution is 2.18. The predicted octanol–water partition coefficient (Wildman–Crippen LogP) is 3.69. The Labute approximate surface area is 105 Å². The van der Waals surface area contributed by atoms with Gasteiger partial charge in [0, 0.05) is 16.8 Å². The van der Waals surface area contributed by atoms with E-state index in [0.717, 1.165) is 5.56 Å². The first-order valence-corrected chi connectivity index (χ1v) is 5.71. The number of aryl methyl sites for hydroxylation is 1. The molecular weight excluding hydrogens is 229 g/mol. The molecule has 18 heavy (non-hydrogen) atoms. The van der Waals surface area contributed by atoms with Crippen LogP contribution in [0.5, 0.6) is 0 Å². The van der Waals surface area contributed by atoms with Crippen molar-refractivity contribution in [1.29, 1.82) is 0 Å². The van der Waals surface area contributed by atoms with Crippen LogP contribution in [0.4, 0.5) is 10.1 Å². The number of hydrogen-bond donors (Lipinski definition) is 1. The van der Waals surface area contributed by atoms with Crippen molar-refractivity contribution in [3.63, 3.8) is 0 Å². The number of benzene rings is 2. The van der Waals surface area contributed by atoms with Crippen LogP contribution in [0, 0.1) is 19.7 Å². The van der Waals surface area contributed by atoms with E-state index in [1.807, 2.05) is 19.1 Å². The Balaban J connectivity index is 2.24. The minimum atomic E-state index is -0.322. The molecule has 0 unspecified atom stereocenters. The molecule has 0 aliphatic heterocycles. The molecule has 2 nitrogen and oxygen atoms in total. The highest BCUT2D eigenvalue weighted by atomic mass is 19.1. The van der Waals surface area contributed by atoms with Crippen LogP contribution in [0.1, 0.15) is 21.5 Å². The zero-order valence-corrected chi connectivity index (χ0v) is 10.3. The van der Waals surface area contributed by atoms with Crippen molar-refractivity contribution in [3.05, 3.63) is 65.0 Å². The highest BCUT2D eigenvalue weighted by Gasteiger charge is 2.09. The summed E-state index contributed by atoms with van der Waals surface area (Å²) in [6, 6.07) is 11.9. The lowest BCUT2D eigenvalue weighted by atomic mass is 10.1. The first kappa shape index (κ1) is 12.3. The Morgan fingerprint density at radius 2 is 1.83 bits per heavy atom. The number of nitrogens with one attached hydrogen (secondary N) is 1. The molecule has 0 aromatic heterocycles. The van der Waals surface area contributed by atoms with E-state index in [2.05, 4.69) is 5.32 Å². The maximum absolute atomic E-state index is 13.3. The van der Waals surface area contributed by atoms with Gasteiger partial charge in [-0.15, -0.1) is 0 Å². The second-order valence-corrected chi connectivity index (χ2v) is 4.24. The van der Waals surface area contributed by atoms with Gasteiger partial charge in [0.2, 0.25) is 0 Å². The average molecular weight is 243 g/mol. The third-order valence-electron chi connectivity index (χ3n) is 2.80. The molecule has 2 aromatic rings. The summed E-state index contributed by atoms with van der Waals surface area (Å²) in [5.74, 6) is -0.551. The number of carbonyl (C=O) groups excluding carboxylic acids is 1. The molecule has 3 heteroatoms. The van der Waals surface area contributed by atoms with Crippen molar-refractivity contribution in [2.45, 2.75) is 13.8 Å². The van der Waals surface area contributed by atoms with Gasteiger partial charge in [0.05, 0.1) is 0 Å². The lowest BCUT2D eigenvalue weighted by Crippen LogP contribution is -2.13. The molecule has 0 saturated carbocycles. The van der Waals surface area contributed by atoms with Crippen LogP contribution >= 0.6 is 0 Å². The standard InChI is InChI=1S/C15H14FNO/c1-10-5-3-6-12(9-10)15(18)17-14-8-4-7-13(16)11(14)2/h3-9H,1-2H3,(H,17,18). The van der Waals surface area contributed by atoms with Crippen molar-refractivity contribution in [1.82, 2.24) is 0 Å². The molecular formula is C15H14FNO. The second-order valence-electron chi connectivity index (χ2n) is 4.24. The first-order valence-electron chi connectivity index (χ1n) is 5.71. The maximum Gasteiger partial charge on any atom is 0.255 e. The van der Waals surface area contributed by atoms with Crippen LogP contribution in [0.15, 0.2) is 42.5 Å². The van der Waals surface area contributed by atoms with Crippen LogP contribution in [0.2, 0.25) is 0 Å². The van der Waals surface area contributed by atoms with E-state index >= 15 is 0 Å². The van der Waals surface area contributed by atoms with Crippen molar-refractivity contribution in [2.75, 3.05) is 5.32 Å². The summed E-state index contributed by atoms with van der Waals surface area (Å²) in [5, 5.41) is 2.72. The van der Waals surface area contributed by atoms with E-state index < -0.39 is 0 Å². The molecule has 1 N–H and O–H groups in total. The average Bonchev–Trinajstić information content (AvgIpc) is 2.35. The van der Waals surface area contributed by atoms with Gasteiger partial charge in [-0.05, 0) is 38.1 Å². The molecule has 0 aliphatic carbocycles. The summed E-state index contributed by atoms with van der Waals surface area (Å²) in [6.07, 6.45) is 0. The van der Waals surface area contributed by atoms with Crippen LogP contribution in [-0.4, -0.2) is 5.91 Å². The lowest BCUT2D eigenvalue weighted by molar-refractivity contribution is 0.102. The summed E-state index contributed by atoms with van der Waals surface area (Å²) >= 11 is 0. The van der Waals surface area contributed by atoms with E-state index in [1.165, 1.54) is 6.07 Å². The predicted molar refractivity (Wildman–Crippen MR) is 70.3 cm³/mol. The van der Waals surface area contributed by atoms with Gasteiger partial charge in [0.15, 0.2) is 0 Å². The molecule has 0 saturated heterocycles. The molecule has 0 radical (unpaired) electrons. The largest absolute Gasteiger partial charge is 0.322 e. The molecule has 1 amide bonds. The van der Waals surface area contributed by atoms with Crippen molar-refractivity contribution in [2.24, 2.45) is 0 Å². The fraction of sp³-hybridized carbons (Fsp3) is 0.133. The molecule has 0 bridgehead atoms. The van der Waals surface area contributed by atoms with Crippen LogP contribution in [0.25, 0.3) is 0 Å². The Bertz CT molecular complexity index is 593. The van der Waals surface area contributed by atoms with E-state index in [4.69, 9.17) is 0 Å². The normalized spacial score (nSPS) is 10.2. The summed E-state index contributed by atoms with van der Waals surface area (Å²) in [5.41, 5.74) is 2.53. The Kier molecular flexibility index (Phi) is 3.42. The smallest absolute Gasteiger partial charge is 0.255 e. The van der Waals surface area contributed by atoms with Gasteiger partial charge in [-0.2, -0.15) is 0 Å². The fourth-order valence-electron chi connectivity index (χ4n) is 1.72. The van der Waals surface area contributed by atoms with Crippen LogP contribution < -0.4 is 5.32 Å². The molecule has 2 aromatic carbocycles. The zero-order chi connectivity index (χ0) is 13.1. The third-order valence-corrected chi connectivity index (χ3v) is 2.80. The molecule has 0 spiro atoms. The third kappa shape index (κ3) is 2.56. The van der Waals surface area contributed by atoms with Gasteiger partial charge in [0.25, 0.3) is 5.91 Å². The number of carbonyl (C=O) groups is 1. The Hall–Kier alpha value is -2.16. The molecule has 2 rings (SSSR count). The van der Waals surface area contributed by atoms with Crippen molar-refractivity contribution < 1.29 is 9.18 Å². The Morgan fingerprint density at radius 1 is 1.11 bits per heavy atom. The van der Waals surface area contributed by atoms with Gasteiger partial charge in [-0.25, -0.2) is 4.39 Å². The monoisotopic (exact) mass is 243 g/mol. The number of anilines is 1. The van der Waals surface area contributed by atoms with Gasteiger partial charge in [-0.3, -0.25) is 4.79 Å². The molecule has 0 fully saturated rings. The Morgan fingerprint density at radius 3 is 2.56 bits per heavy atom. The van der Waals surface area contributed by atoms with Crippen molar-refractivity contribution >= 4 is 11.6 Å². The van der Waals surface area contributed by atoms with Crippen LogP contribution in [-0.2, 0) is 0 Å². The fourth-order valence-corrected chi connectivity index (χ4v) is 1.72. The highest BCUT2D eigenvalue weighted by molar-refractivity contribution is 6.04. The molecule has 0 heterocycles. The van der Waals surface area contributed by atoms with Crippen molar-refractivity contribution in [3.8, 4) is 0 Å². The quantitative estimate of drug-likeness (QED) is 0.856. The summed E-state index contributed by atoms with van der Waals surface area (Å²) in [6.45, 7) is 3.56.